The fourth-order valence-electron chi connectivity index (χ4n) is 2.74. The van der Waals surface area contributed by atoms with Gasteiger partial charge < -0.3 is 9.84 Å². The van der Waals surface area contributed by atoms with Crippen LogP contribution in [0, 0.1) is 0 Å². The lowest BCUT2D eigenvalue weighted by Gasteiger charge is -2.37. The Morgan fingerprint density at radius 2 is 2.00 bits per heavy atom. The SMILES string of the molecule is CC1NCCN(S(=O)(=O)c2ccccc2-c2ccno2)C1C.Cl. The fraction of sp³-hybridized carbons (Fsp3) is 0.400. The van der Waals surface area contributed by atoms with Crippen molar-refractivity contribution in [1.29, 1.82) is 0 Å². The average Bonchev–Trinajstić information content (AvgIpc) is 3.04. The molecule has 23 heavy (non-hydrogen) atoms. The molecular formula is C15H20ClN3O3S. The van der Waals surface area contributed by atoms with Crippen molar-refractivity contribution in [3.05, 3.63) is 36.5 Å². The van der Waals surface area contributed by atoms with Crippen LogP contribution in [0.5, 0.6) is 0 Å². The molecular weight excluding hydrogens is 338 g/mol. The van der Waals surface area contributed by atoms with Crippen LogP contribution in [0.4, 0.5) is 0 Å². The Morgan fingerprint density at radius 3 is 2.70 bits per heavy atom. The third-order valence-corrected chi connectivity index (χ3v) is 6.20. The summed E-state index contributed by atoms with van der Waals surface area (Å²) >= 11 is 0. The van der Waals surface area contributed by atoms with E-state index in [1.807, 2.05) is 13.8 Å². The zero-order valence-electron chi connectivity index (χ0n) is 13.0. The monoisotopic (exact) mass is 357 g/mol. The normalized spacial score (nSPS) is 22.5. The van der Waals surface area contributed by atoms with Gasteiger partial charge >= 0.3 is 0 Å². The predicted molar refractivity (Wildman–Crippen MR) is 90.0 cm³/mol. The minimum Gasteiger partial charge on any atom is -0.356 e. The van der Waals surface area contributed by atoms with Gasteiger partial charge in [0.05, 0.1) is 11.1 Å². The Morgan fingerprint density at radius 1 is 1.26 bits per heavy atom. The lowest BCUT2D eigenvalue weighted by atomic mass is 10.1. The number of sulfonamides is 1. The van der Waals surface area contributed by atoms with Crippen LogP contribution in [0.2, 0.25) is 0 Å². The van der Waals surface area contributed by atoms with Gasteiger partial charge in [-0.15, -0.1) is 12.4 Å². The molecule has 8 heteroatoms. The van der Waals surface area contributed by atoms with E-state index in [1.54, 1.807) is 34.6 Å². The Kier molecular flexibility index (Phi) is 5.46. The molecule has 3 rings (SSSR count). The minimum atomic E-state index is -3.60. The van der Waals surface area contributed by atoms with Gasteiger partial charge in [-0.3, -0.25) is 0 Å². The molecule has 2 unspecified atom stereocenters. The second-order valence-electron chi connectivity index (χ2n) is 5.47. The van der Waals surface area contributed by atoms with Crippen molar-refractivity contribution in [3.8, 4) is 11.3 Å². The summed E-state index contributed by atoms with van der Waals surface area (Å²) in [5.41, 5.74) is 0.540. The summed E-state index contributed by atoms with van der Waals surface area (Å²) in [6.45, 7) is 5.02. The molecule has 0 saturated carbocycles. The van der Waals surface area contributed by atoms with Gasteiger partial charge in [0.1, 0.15) is 0 Å². The fourth-order valence-corrected chi connectivity index (χ4v) is 4.64. The maximum atomic E-state index is 13.1. The summed E-state index contributed by atoms with van der Waals surface area (Å²) in [7, 11) is -3.60. The van der Waals surface area contributed by atoms with Crippen LogP contribution in [-0.4, -0.2) is 43.1 Å². The van der Waals surface area contributed by atoms with Crippen LogP contribution in [0.1, 0.15) is 13.8 Å². The molecule has 1 aromatic heterocycles. The highest BCUT2D eigenvalue weighted by Gasteiger charge is 2.35. The Labute approximate surface area is 142 Å². The summed E-state index contributed by atoms with van der Waals surface area (Å²) in [4.78, 5) is 0.257. The molecule has 2 atom stereocenters. The van der Waals surface area contributed by atoms with E-state index in [0.29, 0.717) is 24.4 Å². The highest BCUT2D eigenvalue weighted by Crippen LogP contribution is 2.30. The smallest absolute Gasteiger partial charge is 0.244 e. The number of hydrogen-bond donors (Lipinski definition) is 1. The van der Waals surface area contributed by atoms with Crippen molar-refractivity contribution in [2.24, 2.45) is 0 Å². The van der Waals surface area contributed by atoms with Gasteiger partial charge in [0.25, 0.3) is 0 Å². The van der Waals surface area contributed by atoms with Crippen molar-refractivity contribution in [2.75, 3.05) is 13.1 Å². The van der Waals surface area contributed by atoms with Crippen LogP contribution >= 0.6 is 12.4 Å². The number of aromatic nitrogens is 1. The Hall–Kier alpha value is -1.41. The minimum absolute atomic E-state index is 0. The molecule has 6 nitrogen and oxygen atoms in total. The first-order chi connectivity index (χ1) is 10.5. The molecule has 1 fully saturated rings. The highest BCUT2D eigenvalue weighted by atomic mass is 35.5. The molecule has 0 bridgehead atoms. The molecule has 1 aliphatic rings. The number of piperazine rings is 1. The zero-order chi connectivity index (χ0) is 15.7. The lowest BCUT2D eigenvalue weighted by molar-refractivity contribution is 0.233. The summed E-state index contributed by atoms with van der Waals surface area (Å²) < 4.78 is 32.9. The molecule has 126 valence electrons. The topological polar surface area (TPSA) is 75.4 Å². The van der Waals surface area contributed by atoms with Gasteiger partial charge in [0.2, 0.25) is 10.0 Å². The summed E-state index contributed by atoms with van der Waals surface area (Å²) in [5, 5.41) is 6.96. The van der Waals surface area contributed by atoms with Crippen LogP contribution < -0.4 is 5.32 Å². The summed E-state index contributed by atoms with van der Waals surface area (Å²) in [6.07, 6.45) is 1.51. The second-order valence-corrected chi connectivity index (χ2v) is 7.33. The van der Waals surface area contributed by atoms with E-state index in [1.165, 1.54) is 6.20 Å². The van der Waals surface area contributed by atoms with Gasteiger partial charge in [-0.05, 0) is 26.0 Å². The number of benzene rings is 1. The maximum Gasteiger partial charge on any atom is 0.244 e. The van der Waals surface area contributed by atoms with E-state index in [2.05, 4.69) is 10.5 Å². The predicted octanol–water partition coefficient (Wildman–Crippen LogP) is 2.13. The van der Waals surface area contributed by atoms with E-state index >= 15 is 0 Å². The Bertz CT molecular complexity index is 749. The van der Waals surface area contributed by atoms with Crippen molar-refractivity contribution in [1.82, 2.24) is 14.8 Å². The highest BCUT2D eigenvalue weighted by molar-refractivity contribution is 7.89. The lowest BCUT2D eigenvalue weighted by Crippen LogP contribution is -2.57. The van der Waals surface area contributed by atoms with Gasteiger partial charge in [-0.25, -0.2) is 8.42 Å². The van der Waals surface area contributed by atoms with E-state index < -0.39 is 10.0 Å². The maximum absolute atomic E-state index is 13.1. The van der Waals surface area contributed by atoms with Gasteiger partial charge in [-0.1, -0.05) is 17.3 Å². The zero-order valence-corrected chi connectivity index (χ0v) is 14.6. The molecule has 0 spiro atoms. The average molecular weight is 358 g/mol. The Balaban J connectivity index is 0.00000192. The van der Waals surface area contributed by atoms with E-state index in [-0.39, 0.29) is 29.4 Å². The van der Waals surface area contributed by atoms with Crippen LogP contribution in [0.3, 0.4) is 0 Å². The van der Waals surface area contributed by atoms with Crippen molar-refractivity contribution < 1.29 is 12.9 Å². The third kappa shape index (κ3) is 3.28. The first-order valence-electron chi connectivity index (χ1n) is 7.27. The molecule has 2 heterocycles. The van der Waals surface area contributed by atoms with Crippen molar-refractivity contribution in [3.63, 3.8) is 0 Å². The van der Waals surface area contributed by atoms with Crippen LogP contribution in [0.15, 0.2) is 45.9 Å². The number of nitrogens with one attached hydrogen (secondary N) is 1. The first-order valence-corrected chi connectivity index (χ1v) is 8.71. The molecule has 0 aliphatic carbocycles. The third-order valence-electron chi connectivity index (χ3n) is 4.15. The first kappa shape index (κ1) is 17.9. The van der Waals surface area contributed by atoms with Crippen molar-refractivity contribution >= 4 is 22.4 Å². The van der Waals surface area contributed by atoms with E-state index in [4.69, 9.17) is 4.52 Å². The van der Waals surface area contributed by atoms with Crippen molar-refractivity contribution in [2.45, 2.75) is 30.8 Å². The molecule has 0 radical (unpaired) electrons. The summed E-state index contributed by atoms with van der Waals surface area (Å²) in [6, 6.07) is 8.54. The largest absolute Gasteiger partial charge is 0.356 e. The summed E-state index contributed by atoms with van der Waals surface area (Å²) in [5.74, 6) is 0.454. The number of nitrogens with zero attached hydrogens (tertiary/aromatic N) is 2. The van der Waals surface area contributed by atoms with Gasteiger partial charge in [0.15, 0.2) is 5.76 Å². The molecule has 1 aromatic carbocycles. The van der Waals surface area contributed by atoms with E-state index in [0.717, 1.165) is 0 Å². The van der Waals surface area contributed by atoms with Gasteiger partial charge in [0, 0.05) is 36.8 Å². The molecule has 0 amide bonds. The van der Waals surface area contributed by atoms with Gasteiger partial charge in [-0.2, -0.15) is 4.31 Å². The quantitative estimate of drug-likeness (QED) is 0.910. The molecule has 1 aliphatic heterocycles. The number of halogens is 1. The second kappa shape index (κ2) is 7.00. The molecule has 2 aromatic rings. The standard InChI is InChI=1S/C15H19N3O3S.ClH/c1-11-12(2)18(10-9-16-11)22(19,20)15-6-4-3-5-13(15)14-7-8-17-21-14;/h3-8,11-12,16H,9-10H2,1-2H3;1H. The van der Waals surface area contributed by atoms with E-state index in [9.17, 15) is 8.42 Å². The molecule has 1 saturated heterocycles. The molecule has 1 N–H and O–H groups in total. The van der Waals surface area contributed by atoms with Crippen LogP contribution in [-0.2, 0) is 10.0 Å². The number of rotatable bonds is 3. The van der Waals surface area contributed by atoms with Crippen LogP contribution in [0.25, 0.3) is 11.3 Å². The number of hydrogen-bond acceptors (Lipinski definition) is 5.